The van der Waals surface area contributed by atoms with Crippen LogP contribution >= 0.6 is 0 Å². The number of oxazole rings is 1. The average Bonchev–Trinajstić information content (AvgIpc) is 2.95. The summed E-state index contributed by atoms with van der Waals surface area (Å²) in [6, 6.07) is 4.69. The third kappa shape index (κ3) is 4.04. The Balaban J connectivity index is 2.03. The number of rotatable bonds is 8. The minimum absolute atomic E-state index is 0.322. The van der Waals surface area contributed by atoms with E-state index in [9.17, 15) is 4.39 Å². The number of methoxy groups -OCH3 is 1. The predicted molar refractivity (Wildman–Crippen MR) is 79.9 cm³/mol. The van der Waals surface area contributed by atoms with Gasteiger partial charge in [-0.25, -0.2) is 9.37 Å². The Morgan fingerprint density at radius 3 is 2.95 bits per heavy atom. The molecule has 0 fully saturated rings. The Kier molecular flexibility index (Phi) is 5.75. The van der Waals surface area contributed by atoms with Crippen molar-refractivity contribution < 1.29 is 13.5 Å². The predicted octanol–water partition coefficient (Wildman–Crippen LogP) is 3.42. The van der Waals surface area contributed by atoms with Crippen LogP contribution in [-0.4, -0.2) is 25.2 Å². The zero-order valence-corrected chi connectivity index (χ0v) is 12.5. The Morgan fingerprint density at radius 1 is 1.33 bits per heavy atom. The van der Waals surface area contributed by atoms with Crippen molar-refractivity contribution in [2.24, 2.45) is 0 Å². The molecule has 0 aliphatic rings. The Bertz CT molecular complexity index is 569. The molecule has 0 atom stereocenters. The first-order valence-electron chi connectivity index (χ1n) is 7.24. The van der Waals surface area contributed by atoms with Gasteiger partial charge in [-0.1, -0.05) is 13.0 Å². The maximum atomic E-state index is 13.9. The van der Waals surface area contributed by atoms with Crippen molar-refractivity contribution in [3.05, 3.63) is 36.1 Å². The van der Waals surface area contributed by atoms with Gasteiger partial charge < -0.3 is 14.5 Å². The van der Waals surface area contributed by atoms with Crippen LogP contribution in [0.3, 0.4) is 0 Å². The molecule has 1 heterocycles. The van der Waals surface area contributed by atoms with Crippen LogP contribution in [0.1, 0.15) is 25.7 Å². The van der Waals surface area contributed by atoms with Gasteiger partial charge in [0.1, 0.15) is 11.6 Å². The molecule has 0 amide bonds. The molecule has 0 unspecified atom stereocenters. The van der Waals surface area contributed by atoms with E-state index >= 15 is 0 Å². The van der Waals surface area contributed by atoms with Gasteiger partial charge in [0.15, 0.2) is 11.7 Å². The van der Waals surface area contributed by atoms with Gasteiger partial charge in [0, 0.05) is 6.42 Å². The van der Waals surface area contributed by atoms with E-state index in [-0.39, 0.29) is 5.82 Å². The summed E-state index contributed by atoms with van der Waals surface area (Å²) in [5, 5.41) is 3.32. The molecular weight excluding hydrogens is 271 g/mol. The SMILES string of the molecule is CCCNCCCc1ncc(-c2c(F)cccc2OC)o1. The lowest BCUT2D eigenvalue weighted by atomic mass is 10.1. The lowest BCUT2D eigenvalue weighted by molar-refractivity contribution is 0.410. The molecule has 0 spiro atoms. The van der Waals surface area contributed by atoms with Crippen LogP contribution in [0.2, 0.25) is 0 Å². The number of aromatic nitrogens is 1. The molecule has 21 heavy (non-hydrogen) atoms. The van der Waals surface area contributed by atoms with Crippen LogP contribution in [0.15, 0.2) is 28.8 Å². The number of aryl methyl sites for hydroxylation is 1. The molecule has 1 N–H and O–H groups in total. The molecule has 0 bridgehead atoms. The molecule has 4 nitrogen and oxygen atoms in total. The fourth-order valence-electron chi connectivity index (χ4n) is 2.12. The summed E-state index contributed by atoms with van der Waals surface area (Å²) in [7, 11) is 1.51. The number of hydrogen-bond donors (Lipinski definition) is 1. The van der Waals surface area contributed by atoms with E-state index in [2.05, 4.69) is 17.2 Å². The smallest absolute Gasteiger partial charge is 0.194 e. The molecule has 1 aromatic carbocycles. The van der Waals surface area contributed by atoms with Crippen LogP contribution in [0.4, 0.5) is 4.39 Å². The monoisotopic (exact) mass is 292 g/mol. The highest BCUT2D eigenvalue weighted by molar-refractivity contribution is 5.65. The van der Waals surface area contributed by atoms with E-state index in [1.807, 2.05) is 0 Å². The summed E-state index contributed by atoms with van der Waals surface area (Å²) in [6.07, 6.45) is 4.34. The lowest BCUT2D eigenvalue weighted by Crippen LogP contribution is -2.16. The second-order valence-electron chi connectivity index (χ2n) is 4.79. The molecule has 0 aliphatic heterocycles. The Labute approximate surface area is 124 Å². The summed E-state index contributed by atoms with van der Waals surface area (Å²) in [4.78, 5) is 4.21. The van der Waals surface area contributed by atoms with E-state index in [1.54, 1.807) is 18.3 Å². The molecule has 0 aliphatic carbocycles. The van der Waals surface area contributed by atoms with Crippen molar-refractivity contribution >= 4 is 0 Å². The highest BCUT2D eigenvalue weighted by Crippen LogP contribution is 2.32. The van der Waals surface area contributed by atoms with E-state index in [1.165, 1.54) is 13.2 Å². The number of halogens is 1. The molecule has 2 rings (SSSR count). The zero-order chi connectivity index (χ0) is 15.1. The maximum absolute atomic E-state index is 13.9. The van der Waals surface area contributed by atoms with Crippen LogP contribution in [-0.2, 0) is 6.42 Å². The molecule has 2 aromatic rings. The van der Waals surface area contributed by atoms with Gasteiger partial charge in [-0.15, -0.1) is 0 Å². The second kappa shape index (κ2) is 7.78. The topological polar surface area (TPSA) is 47.3 Å². The molecular formula is C16H21FN2O2. The summed E-state index contributed by atoms with van der Waals surface area (Å²) in [5.74, 6) is 1.10. The van der Waals surface area contributed by atoms with Gasteiger partial charge in [-0.2, -0.15) is 0 Å². The summed E-state index contributed by atoms with van der Waals surface area (Å²) in [5.41, 5.74) is 0.322. The van der Waals surface area contributed by atoms with Crippen LogP contribution in [0.5, 0.6) is 5.75 Å². The average molecular weight is 292 g/mol. The zero-order valence-electron chi connectivity index (χ0n) is 12.5. The highest BCUT2D eigenvalue weighted by Gasteiger charge is 2.16. The lowest BCUT2D eigenvalue weighted by Gasteiger charge is -2.06. The fourth-order valence-corrected chi connectivity index (χ4v) is 2.12. The van der Waals surface area contributed by atoms with Crippen LogP contribution in [0.25, 0.3) is 11.3 Å². The Hall–Kier alpha value is -1.88. The van der Waals surface area contributed by atoms with Crippen LogP contribution < -0.4 is 10.1 Å². The van der Waals surface area contributed by atoms with Gasteiger partial charge in [-0.3, -0.25) is 0 Å². The molecule has 0 radical (unpaired) electrons. The minimum atomic E-state index is -0.373. The number of ether oxygens (including phenoxy) is 1. The molecule has 5 heteroatoms. The fraction of sp³-hybridized carbons (Fsp3) is 0.438. The maximum Gasteiger partial charge on any atom is 0.194 e. The third-order valence-corrected chi connectivity index (χ3v) is 3.17. The van der Waals surface area contributed by atoms with Gasteiger partial charge in [-0.05, 0) is 38.1 Å². The van der Waals surface area contributed by atoms with Crippen molar-refractivity contribution in [2.75, 3.05) is 20.2 Å². The molecule has 0 saturated carbocycles. The first-order valence-corrected chi connectivity index (χ1v) is 7.24. The van der Waals surface area contributed by atoms with Crippen molar-refractivity contribution in [2.45, 2.75) is 26.2 Å². The second-order valence-corrected chi connectivity index (χ2v) is 4.79. The van der Waals surface area contributed by atoms with Gasteiger partial charge in [0.2, 0.25) is 0 Å². The van der Waals surface area contributed by atoms with Gasteiger partial charge >= 0.3 is 0 Å². The van der Waals surface area contributed by atoms with E-state index in [0.717, 1.165) is 32.4 Å². The minimum Gasteiger partial charge on any atom is -0.496 e. The highest BCUT2D eigenvalue weighted by atomic mass is 19.1. The molecule has 0 saturated heterocycles. The summed E-state index contributed by atoms with van der Waals surface area (Å²) >= 11 is 0. The first-order chi connectivity index (χ1) is 10.3. The molecule has 1 aromatic heterocycles. The third-order valence-electron chi connectivity index (χ3n) is 3.17. The Morgan fingerprint density at radius 2 is 2.19 bits per heavy atom. The van der Waals surface area contributed by atoms with Crippen molar-refractivity contribution in [3.8, 4) is 17.1 Å². The van der Waals surface area contributed by atoms with E-state index < -0.39 is 0 Å². The summed E-state index contributed by atoms with van der Waals surface area (Å²) in [6.45, 7) is 4.08. The normalized spacial score (nSPS) is 10.8. The van der Waals surface area contributed by atoms with Crippen LogP contribution in [0, 0.1) is 5.82 Å². The number of nitrogens with zero attached hydrogens (tertiary/aromatic N) is 1. The van der Waals surface area contributed by atoms with Gasteiger partial charge in [0.05, 0.1) is 18.9 Å². The standard InChI is InChI=1S/C16H21FN2O2/c1-3-9-18-10-5-8-15-19-11-14(21-15)16-12(17)6-4-7-13(16)20-2/h4,6-7,11,18H,3,5,8-10H2,1-2H3. The van der Waals surface area contributed by atoms with E-state index in [4.69, 9.17) is 9.15 Å². The van der Waals surface area contributed by atoms with E-state index in [0.29, 0.717) is 23.0 Å². The first kappa shape index (κ1) is 15.5. The number of hydrogen-bond acceptors (Lipinski definition) is 4. The summed E-state index contributed by atoms with van der Waals surface area (Å²) < 4.78 is 24.8. The van der Waals surface area contributed by atoms with Crippen molar-refractivity contribution in [3.63, 3.8) is 0 Å². The van der Waals surface area contributed by atoms with Crippen molar-refractivity contribution in [1.29, 1.82) is 0 Å². The largest absolute Gasteiger partial charge is 0.496 e. The van der Waals surface area contributed by atoms with Crippen molar-refractivity contribution in [1.82, 2.24) is 10.3 Å². The number of nitrogens with one attached hydrogen (secondary N) is 1. The van der Waals surface area contributed by atoms with Gasteiger partial charge in [0.25, 0.3) is 0 Å². The quantitative estimate of drug-likeness (QED) is 0.757. The molecule has 114 valence electrons. The number of benzene rings is 1.